The number of esters is 4. The Bertz CT molecular complexity index is 1420. The van der Waals surface area contributed by atoms with Crippen LogP contribution in [-0.4, -0.2) is 151 Å². The Kier molecular flexibility index (Phi) is 17.6. The van der Waals surface area contributed by atoms with Crippen LogP contribution in [0.4, 0.5) is 18.9 Å². The first kappa shape index (κ1) is 47.4. The molecule has 0 unspecified atom stereocenters. The van der Waals surface area contributed by atoms with Crippen LogP contribution in [0.2, 0.25) is 0 Å². The summed E-state index contributed by atoms with van der Waals surface area (Å²) in [6.07, 6.45) is -4.89. The number of carbonyl (C=O) groups is 5. The quantitative estimate of drug-likeness (QED) is 0.254. The zero-order valence-electron chi connectivity index (χ0n) is 34.0. The number of carbonyl (C=O) groups excluding carboxylic acids is 5. The fourth-order valence-electron chi connectivity index (χ4n) is 5.50. The van der Waals surface area contributed by atoms with Crippen molar-refractivity contribution in [1.29, 1.82) is 0 Å². The van der Waals surface area contributed by atoms with Crippen molar-refractivity contribution in [2.45, 2.75) is 92.2 Å². The summed E-state index contributed by atoms with van der Waals surface area (Å²) in [5, 5.41) is 2.35. The summed E-state index contributed by atoms with van der Waals surface area (Å²) in [6.45, 7) is 19.0. The van der Waals surface area contributed by atoms with Crippen LogP contribution in [0.3, 0.4) is 0 Å². The normalized spacial score (nSPS) is 16.7. The van der Waals surface area contributed by atoms with Gasteiger partial charge < -0.3 is 24.3 Å². The summed E-state index contributed by atoms with van der Waals surface area (Å²) in [5.74, 6) is -3.06. The third kappa shape index (κ3) is 19.6. The minimum Gasteiger partial charge on any atom is -0.462 e. The first-order chi connectivity index (χ1) is 25.2. The molecule has 17 heteroatoms. The van der Waals surface area contributed by atoms with Crippen LogP contribution in [0.25, 0.3) is 0 Å². The van der Waals surface area contributed by atoms with Crippen molar-refractivity contribution in [1.82, 2.24) is 19.6 Å². The van der Waals surface area contributed by atoms with Gasteiger partial charge in [-0.25, -0.2) is 4.79 Å². The Morgan fingerprint density at radius 2 is 0.945 bits per heavy atom. The van der Waals surface area contributed by atoms with E-state index in [9.17, 15) is 37.1 Å². The topological polar surface area (TPSA) is 147 Å². The lowest BCUT2D eigenvalue weighted by atomic mass is 10.1. The molecule has 1 aromatic rings. The Morgan fingerprint density at radius 1 is 0.600 bits per heavy atom. The van der Waals surface area contributed by atoms with Crippen molar-refractivity contribution in [2.75, 3.05) is 90.5 Å². The van der Waals surface area contributed by atoms with Gasteiger partial charge >= 0.3 is 30.1 Å². The fourth-order valence-corrected chi connectivity index (χ4v) is 5.50. The molecule has 1 amide bonds. The van der Waals surface area contributed by atoms with Crippen molar-refractivity contribution in [3.63, 3.8) is 0 Å². The van der Waals surface area contributed by atoms with Gasteiger partial charge in [0, 0.05) is 52.4 Å². The maximum absolute atomic E-state index is 14.1. The monoisotopic (exact) mass is 787 g/mol. The van der Waals surface area contributed by atoms with E-state index in [1.165, 1.54) is 6.92 Å². The molecule has 1 fully saturated rings. The summed E-state index contributed by atoms with van der Waals surface area (Å²) in [5.41, 5.74) is -4.22. The molecule has 1 aliphatic heterocycles. The summed E-state index contributed by atoms with van der Waals surface area (Å²) < 4.78 is 63.8. The predicted octanol–water partition coefficient (Wildman–Crippen LogP) is 4.07. The highest BCUT2D eigenvalue weighted by molar-refractivity contribution is 5.95. The molecule has 0 aliphatic carbocycles. The second-order valence-corrected chi connectivity index (χ2v) is 16.4. The minimum absolute atomic E-state index is 0.0246. The molecule has 0 spiro atoms. The number of rotatable bonds is 11. The molecule has 312 valence electrons. The molecule has 14 nitrogen and oxygen atoms in total. The van der Waals surface area contributed by atoms with Gasteiger partial charge in [-0.1, -0.05) is 0 Å². The van der Waals surface area contributed by atoms with E-state index in [4.69, 9.17) is 18.9 Å². The molecule has 1 aliphatic rings. The minimum atomic E-state index is -4.89. The van der Waals surface area contributed by atoms with Crippen molar-refractivity contribution in [3.05, 3.63) is 29.3 Å². The molecular formula is C38H60F3N5O9. The molecule has 1 heterocycles. The van der Waals surface area contributed by atoms with Crippen molar-refractivity contribution in [3.8, 4) is 0 Å². The van der Waals surface area contributed by atoms with Crippen LogP contribution in [0, 0.1) is 0 Å². The van der Waals surface area contributed by atoms with Gasteiger partial charge in [-0.15, -0.1) is 0 Å². The van der Waals surface area contributed by atoms with Gasteiger partial charge in [0.2, 0.25) is 5.91 Å². The van der Waals surface area contributed by atoms with E-state index < -0.39 is 64.0 Å². The number of amides is 1. The van der Waals surface area contributed by atoms with Crippen LogP contribution in [0.15, 0.2) is 18.2 Å². The van der Waals surface area contributed by atoms with Crippen LogP contribution in [0.1, 0.15) is 85.2 Å². The van der Waals surface area contributed by atoms with E-state index in [2.05, 4.69) is 5.32 Å². The fraction of sp³-hybridized carbons (Fsp3) is 0.711. The molecule has 0 radical (unpaired) electrons. The summed E-state index contributed by atoms with van der Waals surface area (Å²) in [4.78, 5) is 71.6. The maximum atomic E-state index is 14.1. The van der Waals surface area contributed by atoms with E-state index in [-0.39, 0.29) is 64.5 Å². The highest BCUT2D eigenvalue weighted by atomic mass is 19.4. The zero-order chi connectivity index (χ0) is 41.8. The lowest BCUT2D eigenvalue weighted by Gasteiger charge is -2.34. The lowest BCUT2D eigenvalue weighted by molar-refractivity contribution is -0.158. The molecule has 1 saturated heterocycles. The van der Waals surface area contributed by atoms with Gasteiger partial charge in [-0.3, -0.25) is 38.8 Å². The first-order valence-corrected chi connectivity index (χ1v) is 18.5. The van der Waals surface area contributed by atoms with Gasteiger partial charge in [0.15, 0.2) is 0 Å². The molecule has 55 heavy (non-hydrogen) atoms. The molecule has 1 N–H and O–H groups in total. The number of ether oxygens (including phenoxy) is 4. The largest absolute Gasteiger partial charge is 0.462 e. The number of halogens is 3. The zero-order valence-corrected chi connectivity index (χ0v) is 34.0. The van der Waals surface area contributed by atoms with Crippen LogP contribution >= 0.6 is 0 Å². The highest BCUT2D eigenvalue weighted by Gasteiger charge is 2.35. The van der Waals surface area contributed by atoms with E-state index in [1.54, 1.807) is 67.2 Å². The lowest BCUT2D eigenvalue weighted by Crippen LogP contribution is -2.50. The van der Waals surface area contributed by atoms with Gasteiger partial charge in [0.1, 0.15) is 16.8 Å². The number of anilines is 1. The van der Waals surface area contributed by atoms with Gasteiger partial charge in [-0.05, 0) is 87.4 Å². The number of nitrogens with one attached hydrogen (secondary N) is 1. The Balaban J connectivity index is 2.40. The predicted molar refractivity (Wildman–Crippen MR) is 199 cm³/mol. The summed E-state index contributed by atoms with van der Waals surface area (Å²) in [7, 11) is 0. The second kappa shape index (κ2) is 20.4. The van der Waals surface area contributed by atoms with E-state index in [0.717, 1.165) is 12.1 Å². The molecular weight excluding hydrogens is 727 g/mol. The SMILES string of the molecule is CCOC(=O)c1ccc(NC(=O)CN2CCN(CC(=O)OC(C)(C)C)CCN(CC(=O)OC(C)(C)C)CCN(CC(=O)OC(C)(C)C)CC2)c(C(F)(F)F)c1. The number of hydrogen-bond donors (Lipinski definition) is 1. The smallest absolute Gasteiger partial charge is 0.418 e. The van der Waals surface area contributed by atoms with Crippen molar-refractivity contribution >= 4 is 35.5 Å². The molecule has 0 bridgehead atoms. The molecule has 0 saturated carbocycles. The van der Waals surface area contributed by atoms with E-state index in [1.807, 2.05) is 14.7 Å². The summed E-state index contributed by atoms with van der Waals surface area (Å²) >= 11 is 0. The van der Waals surface area contributed by atoms with Crippen LogP contribution < -0.4 is 5.32 Å². The van der Waals surface area contributed by atoms with Crippen LogP contribution in [-0.2, 0) is 44.3 Å². The number of benzene rings is 1. The van der Waals surface area contributed by atoms with E-state index >= 15 is 0 Å². The molecule has 1 aromatic carbocycles. The van der Waals surface area contributed by atoms with Crippen molar-refractivity contribution in [2.24, 2.45) is 0 Å². The second-order valence-electron chi connectivity index (χ2n) is 16.4. The van der Waals surface area contributed by atoms with E-state index in [0.29, 0.717) is 32.2 Å². The maximum Gasteiger partial charge on any atom is 0.418 e. The average molecular weight is 788 g/mol. The first-order valence-electron chi connectivity index (χ1n) is 18.5. The summed E-state index contributed by atoms with van der Waals surface area (Å²) in [6, 6.07) is 2.80. The Labute approximate surface area is 322 Å². The number of nitrogens with zero attached hydrogens (tertiary/aromatic N) is 4. The van der Waals surface area contributed by atoms with Gasteiger partial charge in [0.25, 0.3) is 0 Å². The average Bonchev–Trinajstić information content (AvgIpc) is 2.99. The number of alkyl halides is 3. The third-order valence-electron chi connectivity index (χ3n) is 7.73. The highest BCUT2D eigenvalue weighted by Crippen LogP contribution is 2.35. The Morgan fingerprint density at radius 3 is 1.25 bits per heavy atom. The molecule has 0 aromatic heterocycles. The Hall–Kier alpha value is -3.80. The van der Waals surface area contributed by atoms with Crippen molar-refractivity contribution < 1.29 is 56.1 Å². The van der Waals surface area contributed by atoms with Gasteiger partial charge in [-0.2, -0.15) is 13.2 Å². The standard InChI is InChI=1S/C38H60F3N5O9/c1-11-52-34(51)27-12-13-29(28(22-27)38(39,40)41)42-30(47)23-43-14-16-44(24-31(48)53-35(2,3)4)18-20-46(26-33(50)55-37(8,9)10)21-19-45(17-15-43)25-32(49)54-36(5,6)7/h12-13,22H,11,14-21,23-26H2,1-10H3,(H,42,47). The number of hydrogen-bond acceptors (Lipinski definition) is 13. The molecule has 0 atom stereocenters. The van der Waals surface area contributed by atoms with Crippen LogP contribution in [0.5, 0.6) is 0 Å². The van der Waals surface area contributed by atoms with Gasteiger partial charge in [0.05, 0.1) is 49.6 Å². The molecule has 2 rings (SSSR count). The third-order valence-corrected chi connectivity index (χ3v) is 7.73.